The van der Waals surface area contributed by atoms with Crippen molar-refractivity contribution in [1.82, 2.24) is 10.0 Å². The van der Waals surface area contributed by atoms with E-state index in [4.69, 9.17) is 9.47 Å². The number of methoxy groups -OCH3 is 2. The van der Waals surface area contributed by atoms with Gasteiger partial charge in [-0.2, -0.15) is 4.72 Å². The van der Waals surface area contributed by atoms with E-state index < -0.39 is 86.4 Å². The first-order valence-corrected chi connectivity index (χ1v) is 20.1. The van der Waals surface area contributed by atoms with E-state index in [9.17, 15) is 40.4 Å². The molecule has 0 saturated carbocycles. The number of carbonyl (C=O) groups excluding carboxylic acids is 3. The minimum absolute atomic E-state index is 0.00286. The van der Waals surface area contributed by atoms with Gasteiger partial charge in [0.15, 0.2) is 0 Å². The first kappa shape index (κ1) is 45.3. The molecule has 0 spiro atoms. The number of carbonyl (C=O) groups is 3. The summed E-state index contributed by atoms with van der Waals surface area (Å²) in [5.41, 5.74) is 0.141. The SMILES string of the molecule is C=CCN(C(=O)[C@H](Cc1cc(F)cc(F)c1)NC(=O)c1ccccc1S(=O)(=O)N[C@@H](Cc1cc(F)cc(F)c1)C(=O)N(CC=C)c1ccc(OC)cc1)c1ccc(OC)cc1. The molecule has 5 aromatic carbocycles. The van der Waals surface area contributed by atoms with Crippen molar-refractivity contribution in [3.8, 4) is 11.5 Å². The maximum absolute atomic E-state index is 14.4. The third-order valence-electron chi connectivity index (χ3n) is 9.27. The molecule has 0 radical (unpaired) electrons. The highest BCUT2D eigenvalue weighted by Crippen LogP contribution is 2.25. The standard InChI is InChI=1S/C45H42F4N4O7S/c1-5-19-52(35-11-15-37(59-3)16-12-35)44(55)40(25-29-21-31(46)27-32(47)22-29)50-43(54)39-9-7-8-10-42(39)61(57,58)51-41(26-30-23-33(48)28-34(49)24-30)45(56)53(20-6-2)36-13-17-38(60-4)18-14-36/h5-18,21-24,27-28,40-41,51H,1-2,19-20,25-26H2,3-4H3,(H,50,54)/t40-,41-/m0/s1. The van der Waals surface area contributed by atoms with Crippen LogP contribution in [0.25, 0.3) is 0 Å². The lowest BCUT2D eigenvalue weighted by atomic mass is 10.0. The molecule has 318 valence electrons. The number of benzene rings is 5. The number of hydrogen-bond acceptors (Lipinski definition) is 7. The zero-order valence-corrected chi connectivity index (χ0v) is 33.9. The second-order valence-electron chi connectivity index (χ2n) is 13.5. The van der Waals surface area contributed by atoms with Gasteiger partial charge in [0.25, 0.3) is 5.91 Å². The van der Waals surface area contributed by atoms with Crippen LogP contribution in [0, 0.1) is 23.3 Å². The Labute approximate surface area is 351 Å². The number of anilines is 2. The van der Waals surface area contributed by atoms with Gasteiger partial charge in [-0.05, 0) is 102 Å². The molecule has 0 bridgehead atoms. The van der Waals surface area contributed by atoms with E-state index in [1.54, 1.807) is 48.5 Å². The molecule has 2 atom stereocenters. The minimum atomic E-state index is -4.87. The maximum Gasteiger partial charge on any atom is 0.253 e. The number of amides is 3. The maximum atomic E-state index is 14.4. The topological polar surface area (TPSA) is 134 Å². The molecular formula is C45H42F4N4O7S. The highest BCUT2D eigenvalue weighted by atomic mass is 32.2. The third-order valence-corrected chi connectivity index (χ3v) is 10.8. The van der Waals surface area contributed by atoms with Crippen LogP contribution in [0.15, 0.2) is 139 Å². The van der Waals surface area contributed by atoms with Gasteiger partial charge in [0.1, 0.15) is 46.9 Å². The number of rotatable bonds is 19. The molecule has 0 heterocycles. The molecule has 16 heteroatoms. The van der Waals surface area contributed by atoms with Gasteiger partial charge in [-0.15, -0.1) is 13.2 Å². The van der Waals surface area contributed by atoms with Crippen LogP contribution in [-0.2, 0) is 32.5 Å². The Kier molecular flexibility index (Phi) is 15.2. The molecule has 0 aromatic heterocycles. The molecule has 0 fully saturated rings. The fraction of sp³-hybridized carbons (Fsp3) is 0.178. The number of nitrogens with one attached hydrogen (secondary N) is 2. The Hall–Kier alpha value is -6.78. The molecule has 0 aliphatic heterocycles. The predicted octanol–water partition coefficient (Wildman–Crippen LogP) is 6.93. The molecule has 0 aliphatic carbocycles. The van der Waals surface area contributed by atoms with Crippen molar-refractivity contribution in [3.63, 3.8) is 0 Å². The van der Waals surface area contributed by atoms with Gasteiger partial charge in [-0.1, -0.05) is 24.3 Å². The van der Waals surface area contributed by atoms with Gasteiger partial charge >= 0.3 is 0 Å². The number of sulfonamides is 1. The zero-order valence-electron chi connectivity index (χ0n) is 33.1. The largest absolute Gasteiger partial charge is 0.497 e. The third kappa shape index (κ3) is 11.7. The van der Waals surface area contributed by atoms with E-state index in [1.165, 1.54) is 54.4 Å². The summed E-state index contributed by atoms with van der Waals surface area (Å²) in [5, 5.41) is 2.55. The summed E-state index contributed by atoms with van der Waals surface area (Å²) in [6, 6.07) is 19.4. The van der Waals surface area contributed by atoms with Crippen molar-refractivity contribution in [2.75, 3.05) is 37.1 Å². The zero-order chi connectivity index (χ0) is 44.3. The Bertz CT molecular complexity index is 2460. The summed E-state index contributed by atoms with van der Waals surface area (Å²) in [7, 11) is -1.96. The van der Waals surface area contributed by atoms with Crippen LogP contribution < -0.4 is 29.3 Å². The highest BCUT2D eigenvalue weighted by Gasteiger charge is 2.34. The number of nitrogens with zero attached hydrogens (tertiary/aromatic N) is 2. The smallest absolute Gasteiger partial charge is 0.253 e. The van der Waals surface area contributed by atoms with Crippen LogP contribution in [0.4, 0.5) is 28.9 Å². The predicted molar refractivity (Wildman–Crippen MR) is 223 cm³/mol. The molecule has 0 unspecified atom stereocenters. The van der Waals surface area contributed by atoms with E-state index >= 15 is 0 Å². The summed E-state index contributed by atoms with van der Waals surface area (Å²) < 4.78 is 99.0. The van der Waals surface area contributed by atoms with Crippen LogP contribution >= 0.6 is 0 Å². The molecule has 5 rings (SSSR count). The number of halogens is 4. The van der Waals surface area contributed by atoms with E-state index in [0.29, 0.717) is 35.0 Å². The van der Waals surface area contributed by atoms with E-state index in [0.717, 1.165) is 30.3 Å². The summed E-state index contributed by atoms with van der Waals surface area (Å²) in [5.74, 6) is -5.49. The molecule has 0 aliphatic rings. The van der Waals surface area contributed by atoms with Crippen LogP contribution in [0.1, 0.15) is 21.5 Å². The number of hydrogen-bond donors (Lipinski definition) is 2. The lowest BCUT2D eigenvalue weighted by Crippen LogP contribution is -2.51. The average Bonchev–Trinajstić information content (AvgIpc) is 3.23. The number of ether oxygens (including phenoxy) is 2. The Morgan fingerprint density at radius 2 is 1.05 bits per heavy atom. The van der Waals surface area contributed by atoms with Crippen molar-refractivity contribution >= 4 is 39.1 Å². The van der Waals surface area contributed by atoms with Crippen molar-refractivity contribution in [1.29, 1.82) is 0 Å². The lowest BCUT2D eigenvalue weighted by molar-refractivity contribution is -0.120. The van der Waals surface area contributed by atoms with Crippen molar-refractivity contribution < 1.29 is 49.8 Å². The quantitative estimate of drug-likeness (QED) is 0.0680. The second-order valence-corrected chi connectivity index (χ2v) is 15.2. The highest BCUT2D eigenvalue weighted by molar-refractivity contribution is 7.89. The monoisotopic (exact) mass is 858 g/mol. The van der Waals surface area contributed by atoms with Gasteiger partial charge in [-0.25, -0.2) is 26.0 Å². The summed E-state index contributed by atoms with van der Waals surface area (Å²) >= 11 is 0. The van der Waals surface area contributed by atoms with Gasteiger partial charge in [0.2, 0.25) is 21.8 Å². The molecule has 11 nitrogen and oxygen atoms in total. The summed E-state index contributed by atoms with van der Waals surface area (Å²) in [4.78, 5) is 44.7. The van der Waals surface area contributed by atoms with E-state index in [-0.39, 0.29) is 24.2 Å². The molecule has 61 heavy (non-hydrogen) atoms. The fourth-order valence-corrected chi connectivity index (χ4v) is 7.88. The first-order chi connectivity index (χ1) is 29.2. The first-order valence-electron chi connectivity index (χ1n) is 18.6. The molecule has 5 aromatic rings. The van der Waals surface area contributed by atoms with E-state index in [2.05, 4.69) is 23.2 Å². The van der Waals surface area contributed by atoms with E-state index in [1.807, 2.05) is 0 Å². The Morgan fingerprint density at radius 3 is 1.48 bits per heavy atom. The molecule has 3 amide bonds. The van der Waals surface area contributed by atoms with Crippen LogP contribution in [0.3, 0.4) is 0 Å². The van der Waals surface area contributed by atoms with Crippen LogP contribution in [0.5, 0.6) is 11.5 Å². The Morgan fingerprint density at radius 1 is 0.639 bits per heavy atom. The van der Waals surface area contributed by atoms with Crippen LogP contribution in [-0.4, -0.2) is 65.5 Å². The minimum Gasteiger partial charge on any atom is -0.497 e. The fourth-order valence-electron chi connectivity index (χ4n) is 6.49. The molecule has 0 saturated heterocycles. The Balaban J connectivity index is 1.53. The second kappa shape index (κ2) is 20.5. The lowest BCUT2D eigenvalue weighted by Gasteiger charge is -2.28. The van der Waals surface area contributed by atoms with Crippen LogP contribution in [0.2, 0.25) is 0 Å². The van der Waals surface area contributed by atoms with Gasteiger partial charge in [-0.3, -0.25) is 14.4 Å². The summed E-state index contributed by atoms with van der Waals surface area (Å²) in [6.07, 6.45) is 1.87. The van der Waals surface area contributed by atoms with Crippen molar-refractivity contribution in [3.05, 3.63) is 174 Å². The van der Waals surface area contributed by atoms with Crippen molar-refractivity contribution in [2.45, 2.75) is 29.8 Å². The van der Waals surface area contributed by atoms with Gasteiger partial charge in [0, 0.05) is 43.0 Å². The van der Waals surface area contributed by atoms with Gasteiger partial charge < -0.3 is 24.6 Å². The average molecular weight is 859 g/mol. The molecule has 2 N–H and O–H groups in total. The van der Waals surface area contributed by atoms with Crippen molar-refractivity contribution in [2.24, 2.45) is 0 Å². The molecular weight excluding hydrogens is 817 g/mol. The summed E-state index contributed by atoms with van der Waals surface area (Å²) in [6.45, 7) is 7.25. The van der Waals surface area contributed by atoms with Gasteiger partial charge in [0.05, 0.1) is 24.7 Å². The normalized spacial score (nSPS) is 12.1.